The monoisotopic (exact) mass is 346 g/mol. The Bertz CT molecular complexity index is 636. The molecule has 2 saturated heterocycles. The molecule has 2 aliphatic rings. The molecule has 4 rings (SSSR count). The molecule has 1 aromatic carbocycles. The number of nitrogens with zero attached hydrogens (tertiary/aromatic N) is 4. The summed E-state index contributed by atoms with van der Waals surface area (Å²) in [4.78, 5) is 9.31. The molecule has 21 heavy (non-hydrogen) atoms. The molecular formula is C16H19BrN4. The van der Waals surface area contributed by atoms with Crippen LogP contribution in [0.3, 0.4) is 0 Å². The summed E-state index contributed by atoms with van der Waals surface area (Å²) in [5.41, 5.74) is 2.50. The largest absolute Gasteiger partial charge is 0.367 e. The van der Waals surface area contributed by atoms with E-state index in [-0.39, 0.29) is 0 Å². The van der Waals surface area contributed by atoms with Gasteiger partial charge < -0.3 is 14.4 Å². The fourth-order valence-corrected chi connectivity index (χ4v) is 4.09. The van der Waals surface area contributed by atoms with Gasteiger partial charge in [0.1, 0.15) is 10.9 Å². The van der Waals surface area contributed by atoms with Crippen molar-refractivity contribution in [2.45, 2.75) is 24.9 Å². The molecule has 0 radical (unpaired) electrons. The van der Waals surface area contributed by atoms with Gasteiger partial charge in [0, 0.05) is 42.7 Å². The van der Waals surface area contributed by atoms with Gasteiger partial charge in [0.15, 0.2) is 0 Å². The Kier molecular flexibility index (Phi) is 3.27. The van der Waals surface area contributed by atoms with E-state index in [1.807, 2.05) is 17.1 Å². The van der Waals surface area contributed by atoms with Crippen LogP contribution in [0.15, 0.2) is 41.4 Å². The highest BCUT2D eigenvalue weighted by Crippen LogP contribution is 2.34. The summed E-state index contributed by atoms with van der Waals surface area (Å²) in [7, 11) is 2.26. The fraction of sp³-hybridized carbons (Fsp3) is 0.438. The molecule has 3 heterocycles. The predicted octanol–water partition coefficient (Wildman–Crippen LogP) is 2.92. The Morgan fingerprint density at radius 2 is 1.76 bits per heavy atom. The standard InChI is InChI=1S/C16H19BrN4/c1-19-8-6-15-14(19)7-9-21(15)13-4-2-12(3-5-13)20-10-16(17)18-11-20/h2-5,10-11,14-15H,6-9H2,1H3/t14-,15-/m1/s1. The number of rotatable bonds is 2. The second-order valence-corrected chi connectivity index (χ2v) is 6.82. The van der Waals surface area contributed by atoms with E-state index in [4.69, 9.17) is 0 Å². The summed E-state index contributed by atoms with van der Waals surface area (Å²) in [6.07, 6.45) is 6.39. The van der Waals surface area contributed by atoms with Crippen molar-refractivity contribution in [3.05, 3.63) is 41.4 Å². The Hall–Kier alpha value is -1.33. The van der Waals surface area contributed by atoms with Gasteiger partial charge in [0.05, 0.1) is 0 Å². The molecule has 2 aliphatic heterocycles. The van der Waals surface area contributed by atoms with Gasteiger partial charge >= 0.3 is 0 Å². The molecule has 2 aromatic rings. The van der Waals surface area contributed by atoms with Gasteiger partial charge in [-0.3, -0.25) is 0 Å². The number of likely N-dealkylation sites (N-methyl/N-ethyl adjacent to an activating group) is 1. The lowest BCUT2D eigenvalue weighted by Gasteiger charge is -2.26. The van der Waals surface area contributed by atoms with Crippen LogP contribution in [0.25, 0.3) is 5.69 Å². The van der Waals surface area contributed by atoms with Crippen molar-refractivity contribution < 1.29 is 0 Å². The Morgan fingerprint density at radius 3 is 2.48 bits per heavy atom. The molecule has 0 unspecified atom stereocenters. The third-order valence-electron chi connectivity index (χ3n) is 4.88. The molecule has 4 nitrogen and oxygen atoms in total. The van der Waals surface area contributed by atoms with Gasteiger partial charge in [-0.05, 0) is 60.1 Å². The van der Waals surface area contributed by atoms with Crippen molar-refractivity contribution in [2.24, 2.45) is 0 Å². The highest BCUT2D eigenvalue weighted by molar-refractivity contribution is 9.10. The number of hydrogen-bond acceptors (Lipinski definition) is 3. The summed E-state index contributed by atoms with van der Waals surface area (Å²) >= 11 is 3.39. The molecule has 2 atom stereocenters. The first-order valence-corrected chi connectivity index (χ1v) is 8.28. The second kappa shape index (κ2) is 5.14. The molecule has 0 bridgehead atoms. The van der Waals surface area contributed by atoms with Crippen LogP contribution >= 0.6 is 15.9 Å². The molecule has 0 amide bonds. The number of aromatic nitrogens is 2. The maximum absolute atomic E-state index is 4.21. The highest BCUT2D eigenvalue weighted by Gasteiger charge is 2.40. The summed E-state index contributed by atoms with van der Waals surface area (Å²) in [5.74, 6) is 0. The van der Waals surface area contributed by atoms with Gasteiger partial charge in [0.25, 0.3) is 0 Å². The van der Waals surface area contributed by atoms with Crippen LogP contribution in [0.2, 0.25) is 0 Å². The van der Waals surface area contributed by atoms with Gasteiger partial charge in [-0.25, -0.2) is 4.98 Å². The van der Waals surface area contributed by atoms with Crippen molar-refractivity contribution in [1.82, 2.24) is 14.5 Å². The molecule has 5 heteroatoms. The number of benzene rings is 1. The molecule has 2 fully saturated rings. The number of halogens is 1. The van der Waals surface area contributed by atoms with Crippen LogP contribution in [0.5, 0.6) is 0 Å². The molecule has 0 saturated carbocycles. The minimum atomic E-state index is 0.697. The Labute approximate surface area is 133 Å². The van der Waals surface area contributed by atoms with Crippen LogP contribution in [-0.2, 0) is 0 Å². The minimum Gasteiger partial charge on any atom is -0.367 e. The Morgan fingerprint density at radius 1 is 1.05 bits per heavy atom. The third-order valence-corrected chi connectivity index (χ3v) is 5.29. The van der Waals surface area contributed by atoms with Crippen molar-refractivity contribution in [2.75, 3.05) is 25.0 Å². The van der Waals surface area contributed by atoms with Crippen LogP contribution in [-0.4, -0.2) is 46.7 Å². The quantitative estimate of drug-likeness (QED) is 0.835. The lowest BCUT2D eigenvalue weighted by atomic mass is 10.1. The number of imidazole rings is 1. The van der Waals surface area contributed by atoms with Crippen molar-refractivity contribution >= 4 is 21.6 Å². The average Bonchev–Trinajstić information content (AvgIpc) is 3.18. The lowest BCUT2D eigenvalue weighted by molar-refractivity contribution is 0.312. The van der Waals surface area contributed by atoms with E-state index >= 15 is 0 Å². The van der Waals surface area contributed by atoms with Crippen molar-refractivity contribution in [3.8, 4) is 5.69 Å². The highest BCUT2D eigenvalue weighted by atomic mass is 79.9. The summed E-state index contributed by atoms with van der Waals surface area (Å²) < 4.78 is 2.90. The summed E-state index contributed by atoms with van der Waals surface area (Å²) in [6.45, 7) is 2.41. The smallest absolute Gasteiger partial charge is 0.124 e. The van der Waals surface area contributed by atoms with Crippen molar-refractivity contribution in [3.63, 3.8) is 0 Å². The zero-order valence-corrected chi connectivity index (χ0v) is 13.7. The van der Waals surface area contributed by atoms with E-state index < -0.39 is 0 Å². The van der Waals surface area contributed by atoms with E-state index in [0.717, 1.165) is 16.3 Å². The van der Waals surface area contributed by atoms with Crippen molar-refractivity contribution in [1.29, 1.82) is 0 Å². The normalized spacial score (nSPS) is 25.5. The first-order chi connectivity index (χ1) is 10.2. The van der Waals surface area contributed by atoms with Crippen LogP contribution in [0, 0.1) is 0 Å². The van der Waals surface area contributed by atoms with Crippen LogP contribution < -0.4 is 4.90 Å². The second-order valence-electron chi connectivity index (χ2n) is 6.01. The Balaban J connectivity index is 1.57. The molecular weight excluding hydrogens is 328 g/mol. The van der Waals surface area contributed by atoms with Crippen LogP contribution in [0.1, 0.15) is 12.8 Å². The molecule has 110 valence electrons. The molecule has 1 aromatic heterocycles. The SMILES string of the molecule is CN1CC[C@@H]2[C@H]1CCN2c1ccc(-n2cnc(Br)c2)cc1. The first-order valence-electron chi connectivity index (χ1n) is 7.49. The van der Waals surface area contributed by atoms with E-state index in [9.17, 15) is 0 Å². The maximum atomic E-state index is 4.21. The number of fused-ring (bicyclic) bond motifs is 1. The zero-order chi connectivity index (χ0) is 14.4. The number of likely N-dealkylation sites (tertiary alicyclic amines) is 1. The minimum absolute atomic E-state index is 0.697. The van der Waals surface area contributed by atoms with E-state index in [1.165, 1.54) is 31.6 Å². The maximum Gasteiger partial charge on any atom is 0.124 e. The molecule has 0 aliphatic carbocycles. The number of hydrogen-bond donors (Lipinski definition) is 0. The van der Waals surface area contributed by atoms with E-state index in [1.54, 1.807) is 0 Å². The number of anilines is 1. The zero-order valence-electron chi connectivity index (χ0n) is 12.1. The first kappa shape index (κ1) is 13.3. The summed E-state index contributed by atoms with van der Waals surface area (Å²) in [6, 6.07) is 10.3. The van der Waals surface area contributed by atoms with Gasteiger partial charge in [0.2, 0.25) is 0 Å². The fourth-order valence-electron chi connectivity index (χ4n) is 3.78. The third kappa shape index (κ3) is 2.28. The van der Waals surface area contributed by atoms with E-state index in [0.29, 0.717) is 6.04 Å². The summed E-state index contributed by atoms with van der Waals surface area (Å²) in [5, 5.41) is 0. The van der Waals surface area contributed by atoms with E-state index in [2.05, 4.69) is 62.0 Å². The van der Waals surface area contributed by atoms with Gasteiger partial charge in [-0.15, -0.1) is 0 Å². The van der Waals surface area contributed by atoms with Crippen LogP contribution in [0.4, 0.5) is 5.69 Å². The molecule has 0 N–H and O–H groups in total. The lowest BCUT2D eigenvalue weighted by Crippen LogP contribution is -2.34. The molecule has 0 spiro atoms. The topological polar surface area (TPSA) is 24.3 Å². The van der Waals surface area contributed by atoms with Gasteiger partial charge in [-0.2, -0.15) is 0 Å². The average molecular weight is 347 g/mol. The predicted molar refractivity (Wildman–Crippen MR) is 88.1 cm³/mol. The van der Waals surface area contributed by atoms with Gasteiger partial charge in [-0.1, -0.05) is 0 Å².